The molecule has 11 heteroatoms. The summed E-state index contributed by atoms with van der Waals surface area (Å²) in [7, 11) is 3.08. The number of carbonyl (C=O) groups is 3. The predicted molar refractivity (Wildman–Crippen MR) is 143 cm³/mol. The summed E-state index contributed by atoms with van der Waals surface area (Å²) in [5.74, 6) is -0.866. The quantitative estimate of drug-likeness (QED) is 0.316. The Kier molecular flexibility index (Phi) is 9.72. The van der Waals surface area contributed by atoms with Crippen LogP contribution in [0.4, 0.5) is 0 Å². The van der Waals surface area contributed by atoms with Crippen LogP contribution in [0.5, 0.6) is 11.5 Å². The van der Waals surface area contributed by atoms with Crippen LogP contribution in [0.25, 0.3) is 16.9 Å². The largest absolute Gasteiger partial charge is 0.496 e. The Labute approximate surface area is 225 Å². The van der Waals surface area contributed by atoms with Crippen LogP contribution in [-0.4, -0.2) is 59.5 Å². The molecule has 0 bridgehead atoms. The van der Waals surface area contributed by atoms with Crippen molar-refractivity contribution in [3.05, 3.63) is 59.2 Å². The zero-order valence-electron chi connectivity index (χ0n) is 21.7. The molecule has 0 unspecified atom stereocenters. The first-order chi connectivity index (χ1) is 18.1. The van der Waals surface area contributed by atoms with Gasteiger partial charge in [-0.3, -0.25) is 14.4 Å². The number of hydrogen-bond donors (Lipinski definition) is 3. The molecular formula is C27H31ClN4O6. The van der Waals surface area contributed by atoms with Crippen molar-refractivity contribution in [1.29, 1.82) is 0 Å². The van der Waals surface area contributed by atoms with Crippen molar-refractivity contribution >= 4 is 29.4 Å². The van der Waals surface area contributed by atoms with Gasteiger partial charge >= 0.3 is 5.97 Å². The molecule has 0 saturated carbocycles. The van der Waals surface area contributed by atoms with E-state index in [9.17, 15) is 14.4 Å². The zero-order chi connectivity index (χ0) is 27.8. The van der Waals surface area contributed by atoms with Crippen LogP contribution in [-0.2, 0) is 9.59 Å². The van der Waals surface area contributed by atoms with Gasteiger partial charge in [-0.15, -0.1) is 0 Å². The number of halogens is 1. The summed E-state index contributed by atoms with van der Waals surface area (Å²) in [6, 6.07) is 13.4. The number of carbonyl (C=O) groups excluding carboxylic acids is 2. The number of rotatable bonds is 12. The maximum absolute atomic E-state index is 13.4. The molecule has 1 heterocycles. The lowest BCUT2D eigenvalue weighted by molar-refractivity contribution is -0.138. The van der Waals surface area contributed by atoms with Gasteiger partial charge in [-0.2, -0.15) is 5.10 Å². The first kappa shape index (κ1) is 28.5. The summed E-state index contributed by atoms with van der Waals surface area (Å²) in [5.41, 5.74) is 1.92. The smallest absolute Gasteiger partial charge is 0.322 e. The molecule has 202 valence electrons. The van der Waals surface area contributed by atoms with E-state index < -0.39 is 30.4 Å². The van der Waals surface area contributed by atoms with Crippen LogP contribution in [0.15, 0.2) is 48.5 Å². The predicted octanol–water partition coefficient (Wildman–Crippen LogP) is 3.95. The van der Waals surface area contributed by atoms with Gasteiger partial charge in [-0.1, -0.05) is 31.5 Å². The second-order valence-electron chi connectivity index (χ2n) is 9.02. The molecule has 38 heavy (non-hydrogen) atoms. The minimum atomic E-state index is -1.14. The molecule has 0 saturated heterocycles. The van der Waals surface area contributed by atoms with Crippen molar-refractivity contribution < 1.29 is 29.0 Å². The number of amides is 2. The molecule has 2 aromatic carbocycles. The van der Waals surface area contributed by atoms with E-state index in [-0.39, 0.29) is 18.0 Å². The van der Waals surface area contributed by atoms with Crippen LogP contribution in [0.3, 0.4) is 0 Å². The standard InChI is InChI=1S/C27H31ClN4O6/c1-16(2)12-18(13-24(33)29-15-25(34)35)30-27(36)20-14-21(26-22(37-3)6-5-7-23(26)38-4)32(31-20)19-10-8-17(28)9-11-19/h5-11,14,16,18H,12-13,15H2,1-4H3,(H,29,33)(H,30,36)(H,34,35)/t18-/m0/s1. The van der Waals surface area contributed by atoms with E-state index in [0.717, 1.165) is 0 Å². The second-order valence-corrected chi connectivity index (χ2v) is 9.45. The first-order valence-electron chi connectivity index (χ1n) is 12.0. The van der Waals surface area contributed by atoms with E-state index in [1.54, 1.807) is 67.4 Å². The minimum Gasteiger partial charge on any atom is -0.496 e. The van der Waals surface area contributed by atoms with E-state index in [4.69, 9.17) is 26.2 Å². The highest BCUT2D eigenvalue weighted by Gasteiger charge is 2.25. The summed E-state index contributed by atoms with van der Waals surface area (Å²) < 4.78 is 12.8. The minimum absolute atomic E-state index is 0.0672. The number of hydrogen-bond acceptors (Lipinski definition) is 6. The fraction of sp³-hybridized carbons (Fsp3) is 0.333. The van der Waals surface area contributed by atoms with Crippen molar-refractivity contribution in [3.8, 4) is 28.4 Å². The van der Waals surface area contributed by atoms with Crippen molar-refractivity contribution in [2.75, 3.05) is 20.8 Å². The van der Waals surface area contributed by atoms with Crippen molar-refractivity contribution in [3.63, 3.8) is 0 Å². The van der Waals surface area contributed by atoms with Gasteiger partial charge in [-0.05, 0) is 54.8 Å². The van der Waals surface area contributed by atoms with E-state index in [2.05, 4.69) is 15.7 Å². The maximum atomic E-state index is 13.4. The fourth-order valence-corrected chi connectivity index (χ4v) is 4.17. The molecule has 2 amide bonds. The number of ether oxygens (including phenoxy) is 2. The summed E-state index contributed by atoms with van der Waals surface area (Å²) in [4.78, 5) is 36.4. The highest BCUT2D eigenvalue weighted by molar-refractivity contribution is 6.30. The van der Waals surface area contributed by atoms with Crippen LogP contribution >= 0.6 is 11.6 Å². The highest BCUT2D eigenvalue weighted by atomic mass is 35.5. The summed E-state index contributed by atoms with van der Waals surface area (Å²) in [5, 5.41) is 19.2. The number of methoxy groups -OCH3 is 2. The van der Waals surface area contributed by atoms with Crippen LogP contribution < -0.4 is 20.1 Å². The number of aromatic nitrogens is 2. The lowest BCUT2D eigenvalue weighted by Crippen LogP contribution is -2.41. The molecule has 0 fully saturated rings. The van der Waals surface area contributed by atoms with Crippen LogP contribution in [0.1, 0.15) is 37.2 Å². The molecule has 10 nitrogen and oxygen atoms in total. The average Bonchev–Trinajstić information content (AvgIpc) is 3.32. The lowest BCUT2D eigenvalue weighted by Gasteiger charge is -2.19. The number of aliphatic carboxylic acids is 1. The molecule has 0 spiro atoms. The monoisotopic (exact) mass is 542 g/mol. The molecule has 3 aromatic rings. The Morgan fingerprint density at radius 2 is 1.68 bits per heavy atom. The van der Waals surface area contributed by atoms with E-state index in [0.29, 0.717) is 39.9 Å². The Morgan fingerprint density at radius 3 is 2.24 bits per heavy atom. The molecule has 0 aliphatic carbocycles. The molecule has 0 radical (unpaired) electrons. The van der Waals surface area contributed by atoms with E-state index in [1.165, 1.54) is 0 Å². The van der Waals surface area contributed by atoms with Gasteiger partial charge in [0.05, 0.1) is 31.2 Å². The summed E-state index contributed by atoms with van der Waals surface area (Å²) in [6.45, 7) is 3.45. The SMILES string of the molecule is COc1cccc(OC)c1-c1cc(C(=O)N[C@H](CC(=O)NCC(=O)O)CC(C)C)nn1-c1ccc(Cl)cc1. The van der Waals surface area contributed by atoms with Crippen LogP contribution in [0.2, 0.25) is 5.02 Å². The van der Waals surface area contributed by atoms with Gasteiger partial charge in [0.25, 0.3) is 5.91 Å². The summed E-state index contributed by atoms with van der Waals surface area (Å²) in [6.07, 6.45) is 0.444. The fourth-order valence-electron chi connectivity index (χ4n) is 4.04. The average molecular weight is 543 g/mol. The molecule has 3 N–H and O–H groups in total. The van der Waals surface area contributed by atoms with Crippen molar-refractivity contribution in [2.24, 2.45) is 5.92 Å². The van der Waals surface area contributed by atoms with Gasteiger partial charge in [0.2, 0.25) is 5.91 Å². The second kappa shape index (κ2) is 13.0. The Hall–Kier alpha value is -4.05. The highest BCUT2D eigenvalue weighted by Crippen LogP contribution is 2.39. The molecule has 1 atom stereocenters. The topological polar surface area (TPSA) is 132 Å². The number of benzene rings is 2. The Morgan fingerprint density at radius 1 is 1.05 bits per heavy atom. The Balaban J connectivity index is 2.01. The zero-order valence-corrected chi connectivity index (χ0v) is 22.4. The molecule has 0 aliphatic rings. The van der Waals surface area contributed by atoms with Gasteiger partial charge < -0.3 is 25.2 Å². The number of nitrogens with zero attached hydrogens (tertiary/aromatic N) is 2. The third-order valence-corrected chi connectivity index (χ3v) is 5.91. The van der Waals surface area contributed by atoms with E-state index >= 15 is 0 Å². The van der Waals surface area contributed by atoms with Gasteiger partial charge in [0, 0.05) is 17.5 Å². The molecule has 3 rings (SSSR count). The lowest BCUT2D eigenvalue weighted by atomic mass is 10.0. The van der Waals surface area contributed by atoms with Gasteiger partial charge in [0.1, 0.15) is 18.0 Å². The molecular weight excluding hydrogens is 512 g/mol. The summed E-state index contributed by atoms with van der Waals surface area (Å²) >= 11 is 6.09. The maximum Gasteiger partial charge on any atom is 0.322 e. The third-order valence-electron chi connectivity index (χ3n) is 5.66. The van der Waals surface area contributed by atoms with Crippen LogP contribution in [0, 0.1) is 5.92 Å². The third kappa shape index (κ3) is 7.25. The molecule has 0 aliphatic heterocycles. The number of nitrogens with one attached hydrogen (secondary N) is 2. The van der Waals surface area contributed by atoms with Crippen molar-refractivity contribution in [1.82, 2.24) is 20.4 Å². The number of carboxylic acids is 1. The normalized spacial score (nSPS) is 11.6. The van der Waals surface area contributed by atoms with Crippen molar-refractivity contribution in [2.45, 2.75) is 32.7 Å². The first-order valence-corrected chi connectivity index (χ1v) is 12.4. The van der Waals surface area contributed by atoms with Gasteiger partial charge in [-0.25, -0.2) is 4.68 Å². The van der Waals surface area contributed by atoms with E-state index in [1.807, 2.05) is 13.8 Å². The molecule has 1 aromatic heterocycles. The van der Waals surface area contributed by atoms with Gasteiger partial charge in [0.15, 0.2) is 5.69 Å². The Bertz CT molecular complexity index is 1270. The number of carboxylic acid groups (broad SMARTS) is 1.